The number of anilines is 1. The molecule has 0 bridgehead atoms. The second kappa shape index (κ2) is 7.74. The molecule has 3 aromatic rings. The Morgan fingerprint density at radius 1 is 0.903 bits per heavy atom. The molecule has 2 atom stereocenters. The maximum Gasteiger partial charge on any atom is 0.411 e. The first kappa shape index (κ1) is 19.6. The van der Waals surface area contributed by atoms with Gasteiger partial charge >= 0.3 is 6.09 Å². The second-order valence-electron chi connectivity index (χ2n) is 7.72. The highest BCUT2D eigenvalue weighted by Gasteiger charge is 2.52. The largest absolute Gasteiger partial charge is 0.444 e. The molecule has 7 heteroatoms. The smallest absolute Gasteiger partial charge is 0.411 e. The van der Waals surface area contributed by atoms with Gasteiger partial charge in [-0.3, -0.25) is 4.90 Å². The fourth-order valence-corrected chi connectivity index (χ4v) is 6.20. The van der Waals surface area contributed by atoms with Crippen LogP contribution in [0.2, 0.25) is 0 Å². The average molecular weight is 435 g/mol. The number of hydrogen-bond acceptors (Lipinski definition) is 4. The van der Waals surface area contributed by atoms with Gasteiger partial charge in [-0.05, 0) is 35.7 Å². The molecule has 3 aromatic carbocycles. The van der Waals surface area contributed by atoms with E-state index in [1.807, 2.05) is 54.6 Å². The Labute approximate surface area is 181 Å². The van der Waals surface area contributed by atoms with Gasteiger partial charge in [-0.15, -0.1) is 0 Å². The zero-order valence-corrected chi connectivity index (χ0v) is 17.6. The van der Waals surface area contributed by atoms with E-state index in [1.54, 1.807) is 35.2 Å². The molecule has 2 aliphatic heterocycles. The Balaban J connectivity index is 1.49. The van der Waals surface area contributed by atoms with Crippen LogP contribution in [-0.2, 0) is 21.4 Å². The van der Waals surface area contributed by atoms with Crippen LogP contribution in [0.15, 0.2) is 89.8 Å². The summed E-state index contributed by atoms with van der Waals surface area (Å²) in [6.07, 6.45) is -0.452. The molecule has 1 fully saturated rings. The summed E-state index contributed by atoms with van der Waals surface area (Å²) in [5.41, 5.74) is 2.46. The zero-order chi connectivity index (χ0) is 21.4. The molecule has 158 valence electrons. The zero-order valence-electron chi connectivity index (χ0n) is 16.8. The van der Waals surface area contributed by atoms with Gasteiger partial charge in [0.15, 0.2) is 0 Å². The highest BCUT2D eigenvalue weighted by atomic mass is 32.2. The number of para-hydroxylation sites is 1. The lowest BCUT2D eigenvalue weighted by molar-refractivity contribution is 0.0932. The van der Waals surface area contributed by atoms with Crippen molar-refractivity contribution in [3.05, 3.63) is 96.1 Å². The maximum atomic E-state index is 13.6. The van der Waals surface area contributed by atoms with E-state index in [1.165, 1.54) is 4.31 Å². The lowest BCUT2D eigenvalue weighted by Gasteiger charge is -2.32. The van der Waals surface area contributed by atoms with Crippen molar-refractivity contribution in [1.82, 2.24) is 4.90 Å². The molecule has 0 N–H and O–H groups in total. The fraction of sp³-hybridized carbons (Fsp3) is 0.208. The predicted octanol–water partition coefficient (Wildman–Crippen LogP) is 4.35. The Bertz CT molecular complexity index is 1200. The van der Waals surface area contributed by atoms with Gasteiger partial charge in [-0.25, -0.2) is 17.5 Å². The molecule has 1 amide bonds. The average Bonchev–Trinajstić information content (AvgIpc) is 3.37. The lowest BCUT2D eigenvalue weighted by atomic mass is 9.99. The number of likely N-dealkylation sites (tertiary alicyclic amines) is 1. The van der Waals surface area contributed by atoms with Gasteiger partial charge in [-0.1, -0.05) is 66.7 Å². The van der Waals surface area contributed by atoms with Crippen molar-refractivity contribution in [2.45, 2.75) is 30.0 Å². The van der Waals surface area contributed by atoms with E-state index < -0.39 is 22.3 Å². The van der Waals surface area contributed by atoms with Gasteiger partial charge in [0.2, 0.25) is 0 Å². The molecule has 1 saturated heterocycles. The predicted molar refractivity (Wildman–Crippen MR) is 117 cm³/mol. The van der Waals surface area contributed by atoms with E-state index in [9.17, 15) is 13.2 Å². The molecule has 0 aliphatic carbocycles. The van der Waals surface area contributed by atoms with E-state index in [4.69, 9.17) is 4.74 Å². The highest BCUT2D eigenvalue weighted by molar-refractivity contribution is 7.92. The van der Waals surface area contributed by atoms with Gasteiger partial charge in [0.25, 0.3) is 10.0 Å². The lowest BCUT2D eigenvalue weighted by Crippen LogP contribution is -2.49. The molecule has 31 heavy (non-hydrogen) atoms. The van der Waals surface area contributed by atoms with Crippen molar-refractivity contribution >= 4 is 21.8 Å². The third-order valence-corrected chi connectivity index (χ3v) is 7.71. The van der Waals surface area contributed by atoms with E-state index in [-0.39, 0.29) is 17.4 Å². The van der Waals surface area contributed by atoms with Crippen LogP contribution in [-0.4, -0.2) is 32.1 Å². The number of benzene rings is 3. The maximum absolute atomic E-state index is 13.6. The molecule has 1 unspecified atom stereocenters. The first-order valence-electron chi connectivity index (χ1n) is 10.2. The minimum Gasteiger partial charge on any atom is -0.444 e. The summed E-state index contributed by atoms with van der Waals surface area (Å²) >= 11 is 0. The number of rotatable bonds is 4. The number of ether oxygens (including phenoxy) is 1. The van der Waals surface area contributed by atoms with Gasteiger partial charge in [0.1, 0.15) is 12.8 Å². The molecular formula is C24H22N2O4S. The Kier molecular flexibility index (Phi) is 4.90. The Hall–Kier alpha value is -3.32. The van der Waals surface area contributed by atoms with Crippen molar-refractivity contribution < 1.29 is 17.9 Å². The van der Waals surface area contributed by atoms with Crippen molar-refractivity contribution in [3.63, 3.8) is 0 Å². The number of hydrogen-bond donors (Lipinski definition) is 0. The van der Waals surface area contributed by atoms with Crippen LogP contribution in [0.1, 0.15) is 23.5 Å². The summed E-state index contributed by atoms with van der Waals surface area (Å²) in [6.45, 7) is 0.587. The number of carbonyl (C=O) groups excluding carboxylic acids is 1. The molecule has 6 nitrogen and oxygen atoms in total. The van der Waals surface area contributed by atoms with Crippen LogP contribution in [0.4, 0.5) is 10.5 Å². The van der Waals surface area contributed by atoms with Gasteiger partial charge in [0.05, 0.1) is 10.6 Å². The molecule has 2 heterocycles. The van der Waals surface area contributed by atoms with Gasteiger partial charge in [-0.2, -0.15) is 0 Å². The fourth-order valence-electron chi connectivity index (χ4n) is 4.51. The van der Waals surface area contributed by atoms with Crippen molar-refractivity contribution in [2.24, 2.45) is 0 Å². The number of fused-ring (bicyclic) bond motifs is 3. The van der Waals surface area contributed by atoms with Crippen LogP contribution >= 0.6 is 0 Å². The first-order chi connectivity index (χ1) is 15.1. The van der Waals surface area contributed by atoms with E-state index >= 15 is 0 Å². The summed E-state index contributed by atoms with van der Waals surface area (Å²) in [5.74, 6) is -0.0843. The topological polar surface area (TPSA) is 66.9 Å². The van der Waals surface area contributed by atoms with Crippen LogP contribution in [0.3, 0.4) is 0 Å². The summed E-state index contributed by atoms with van der Waals surface area (Å²) in [4.78, 5) is 14.8. The second-order valence-corrected chi connectivity index (χ2v) is 9.53. The monoisotopic (exact) mass is 434 g/mol. The summed E-state index contributed by atoms with van der Waals surface area (Å²) < 4.78 is 34.2. The molecule has 5 rings (SSSR count). The van der Waals surface area contributed by atoms with Crippen LogP contribution < -0.4 is 4.31 Å². The molecule has 2 aliphatic rings. The quantitative estimate of drug-likeness (QED) is 0.612. The van der Waals surface area contributed by atoms with E-state index in [2.05, 4.69) is 0 Å². The van der Waals surface area contributed by atoms with Crippen LogP contribution in [0.5, 0.6) is 0 Å². The summed E-state index contributed by atoms with van der Waals surface area (Å²) in [7, 11) is -3.86. The highest BCUT2D eigenvalue weighted by Crippen LogP contribution is 2.49. The van der Waals surface area contributed by atoms with Crippen LogP contribution in [0, 0.1) is 0 Å². The molecule has 0 saturated carbocycles. The molecule has 0 radical (unpaired) electrons. The van der Waals surface area contributed by atoms with Crippen molar-refractivity contribution in [3.8, 4) is 0 Å². The summed E-state index contributed by atoms with van der Waals surface area (Å²) in [5, 5.41) is 0. The van der Waals surface area contributed by atoms with Gasteiger partial charge < -0.3 is 4.74 Å². The molecule has 0 spiro atoms. The van der Waals surface area contributed by atoms with Crippen molar-refractivity contribution in [2.75, 3.05) is 10.8 Å². The van der Waals surface area contributed by atoms with Crippen molar-refractivity contribution in [1.29, 1.82) is 0 Å². The van der Waals surface area contributed by atoms with Gasteiger partial charge in [0, 0.05) is 12.5 Å². The summed E-state index contributed by atoms with van der Waals surface area (Å²) in [6, 6.07) is 25.3. The molecule has 0 aromatic heterocycles. The number of nitrogens with zero attached hydrogens (tertiary/aromatic N) is 2. The minimum absolute atomic E-state index is 0.0843. The standard InChI is InChI=1S/C24H22N2O4S/c27-24(30-17-18-9-3-1-4-10-18)25-16-15-21-20-13-7-8-14-22(20)26(23(21)25)31(28,29)19-11-5-2-6-12-19/h1-14,21,23H,15-17H2/t21?,23-/m0/s1. The minimum atomic E-state index is -3.86. The molecular weight excluding hydrogens is 412 g/mol. The number of amides is 1. The Morgan fingerprint density at radius 2 is 1.55 bits per heavy atom. The Morgan fingerprint density at radius 3 is 2.29 bits per heavy atom. The SMILES string of the molecule is O=C(OCc1ccccc1)N1CCC2c3ccccc3N(S(=O)(=O)c3ccccc3)[C@@H]21. The first-order valence-corrected chi connectivity index (χ1v) is 11.7. The number of carbonyl (C=O) groups is 1. The normalized spacial score (nSPS) is 19.7. The van der Waals surface area contributed by atoms with Crippen LogP contribution in [0.25, 0.3) is 0 Å². The van der Waals surface area contributed by atoms with E-state index in [0.29, 0.717) is 18.7 Å². The third-order valence-electron chi connectivity index (χ3n) is 5.91. The number of sulfonamides is 1. The third kappa shape index (κ3) is 3.35. The van der Waals surface area contributed by atoms with E-state index in [0.717, 1.165) is 11.1 Å².